The molecule has 0 aromatic heterocycles. The van der Waals surface area contributed by atoms with Gasteiger partial charge in [0, 0.05) is 21.5 Å². The summed E-state index contributed by atoms with van der Waals surface area (Å²) in [5.74, 6) is -5.39. The minimum atomic E-state index is -1.51. The number of rotatable bonds is 5. The number of halogens is 2. The quantitative estimate of drug-likeness (QED) is 0.177. The van der Waals surface area contributed by atoms with Crippen molar-refractivity contribution in [3.05, 3.63) is 130 Å². The molecule has 10 heteroatoms. The van der Waals surface area contributed by atoms with Crippen LogP contribution in [-0.2, 0) is 24.6 Å². The molecule has 2 aliphatic heterocycles. The molecule has 49 heavy (non-hydrogen) atoms. The van der Waals surface area contributed by atoms with Crippen LogP contribution in [-0.4, -0.2) is 35.8 Å². The zero-order valence-corrected chi connectivity index (χ0v) is 27.8. The number of carbonyl (C=O) groups excluding carboxylic acids is 4. The van der Waals surface area contributed by atoms with E-state index >= 15 is 4.79 Å². The molecule has 1 N–H and O–H groups in total. The Labute approximate surface area is 292 Å². The van der Waals surface area contributed by atoms with Crippen LogP contribution in [0.4, 0.5) is 11.4 Å². The van der Waals surface area contributed by atoms with Gasteiger partial charge in [-0.2, -0.15) is 0 Å². The van der Waals surface area contributed by atoms with Gasteiger partial charge in [0.15, 0.2) is 11.5 Å². The van der Waals surface area contributed by atoms with Crippen molar-refractivity contribution in [3.63, 3.8) is 0 Å². The largest absolute Gasteiger partial charge is 0.504 e. The summed E-state index contributed by atoms with van der Waals surface area (Å²) in [5, 5.41) is 12.6. The van der Waals surface area contributed by atoms with E-state index in [9.17, 15) is 19.5 Å². The van der Waals surface area contributed by atoms with E-state index in [1.807, 2.05) is 36.4 Å². The number of imide groups is 2. The highest BCUT2D eigenvalue weighted by atomic mass is 35.5. The molecule has 0 spiro atoms. The summed E-state index contributed by atoms with van der Waals surface area (Å²) in [6.45, 7) is 0. The number of allylic oxidation sites excluding steroid dienone is 2. The standard InChI is InChI=1S/C39H30Cl2N2O6/c1-49-31-12-6-11-28(34(31)44)33-26-17-18-27-32(37(47)42(35(27)45)24-15-13-22(40)14-16-24)29(26)20-30-36(46)43(25-10-5-9-23(41)19-25)38(48)39(30,33)21-7-3-2-4-8-21/h2-17,19,27,29-30,32-33,44H,18,20H2,1H3/t27-,29+,30-,32-,33+,39+/m0/s1. The van der Waals surface area contributed by atoms with Gasteiger partial charge in [-0.15, -0.1) is 0 Å². The molecule has 2 heterocycles. The van der Waals surface area contributed by atoms with Gasteiger partial charge in [0.2, 0.25) is 23.6 Å². The normalized spacial score (nSPS) is 27.5. The molecule has 6 atom stereocenters. The van der Waals surface area contributed by atoms with Crippen LogP contribution in [0, 0.1) is 23.7 Å². The molecule has 4 aliphatic rings. The lowest BCUT2D eigenvalue weighted by atomic mass is 9.49. The number of aromatic hydroxyl groups is 1. The number of nitrogens with zero attached hydrogens (tertiary/aromatic N) is 2. The van der Waals surface area contributed by atoms with Crippen molar-refractivity contribution < 1.29 is 29.0 Å². The van der Waals surface area contributed by atoms with Gasteiger partial charge in [-0.25, -0.2) is 4.90 Å². The summed E-state index contributed by atoms with van der Waals surface area (Å²) >= 11 is 12.5. The molecule has 4 aromatic rings. The first-order valence-electron chi connectivity index (χ1n) is 16.1. The van der Waals surface area contributed by atoms with Crippen molar-refractivity contribution in [3.8, 4) is 11.5 Å². The van der Waals surface area contributed by atoms with Crippen LogP contribution in [0.2, 0.25) is 10.0 Å². The number of methoxy groups -OCH3 is 1. The minimum absolute atomic E-state index is 0.137. The number of benzene rings is 4. The third kappa shape index (κ3) is 4.43. The summed E-state index contributed by atoms with van der Waals surface area (Å²) in [4.78, 5) is 60.9. The summed E-state index contributed by atoms with van der Waals surface area (Å²) < 4.78 is 5.52. The van der Waals surface area contributed by atoms with E-state index in [4.69, 9.17) is 27.9 Å². The third-order valence-electron chi connectivity index (χ3n) is 10.8. The molecule has 1 saturated carbocycles. The summed E-state index contributed by atoms with van der Waals surface area (Å²) in [5.41, 5.74) is 0.971. The van der Waals surface area contributed by atoms with E-state index in [1.54, 1.807) is 66.7 Å². The van der Waals surface area contributed by atoms with Gasteiger partial charge in [-0.1, -0.05) is 83.4 Å². The third-order valence-corrected chi connectivity index (χ3v) is 11.3. The molecular weight excluding hydrogens is 663 g/mol. The van der Waals surface area contributed by atoms with Crippen molar-refractivity contribution in [2.45, 2.75) is 24.2 Å². The minimum Gasteiger partial charge on any atom is -0.504 e. The summed E-state index contributed by atoms with van der Waals surface area (Å²) in [7, 11) is 1.45. The van der Waals surface area contributed by atoms with Crippen LogP contribution in [0.25, 0.3) is 0 Å². The smallest absolute Gasteiger partial charge is 0.246 e. The van der Waals surface area contributed by atoms with Crippen molar-refractivity contribution in [2.24, 2.45) is 23.7 Å². The molecule has 4 aromatic carbocycles. The van der Waals surface area contributed by atoms with Crippen LogP contribution >= 0.6 is 23.2 Å². The number of carbonyl (C=O) groups is 4. The van der Waals surface area contributed by atoms with Gasteiger partial charge in [0.05, 0.1) is 41.7 Å². The Hall–Kier alpha value is -4.92. The van der Waals surface area contributed by atoms with Gasteiger partial charge in [-0.3, -0.25) is 24.1 Å². The van der Waals surface area contributed by atoms with Gasteiger partial charge in [-0.05, 0) is 72.9 Å². The average Bonchev–Trinajstić information content (AvgIpc) is 3.50. The predicted octanol–water partition coefficient (Wildman–Crippen LogP) is 7.07. The SMILES string of the molecule is COc1cccc([C@H]2C3=CC[C@@H]4C(=O)N(c5ccc(Cl)cc5)C(=O)[C@@H]4[C@@H]3C[C@H]3C(=O)N(c4cccc(Cl)c4)C(=O)[C@@]23c2ccccc2)c1O. The van der Waals surface area contributed by atoms with E-state index < -0.39 is 46.8 Å². The molecule has 0 bridgehead atoms. The first-order valence-corrected chi connectivity index (χ1v) is 16.8. The Morgan fingerprint density at radius 2 is 1.49 bits per heavy atom. The van der Waals surface area contributed by atoms with Crippen LogP contribution in [0.5, 0.6) is 11.5 Å². The van der Waals surface area contributed by atoms with Gasteiger partial charge in [0.1, 0.15) is 0 Å². The number of anilines is 2. The number of para-hydroxylation sites is 1. The number of phenolic OH excluding ortho intramolecular Hbond substituents is 1. The molecule has 4 amide bonds. The van der Waals surface area contributed by atoms with Crippen LogP contribution in [0.1, 0.15) is 29.9 Å². The summed E-state index contributed by atoms with van der Waals surface area (Å²) in [6.07, 6.45) is 2.34. The predicted molar refractivity (Wildman–Crippen MR) is 185 cm³/mol. The first-order chi connectivity index (χ1) is 23.7. The topological polar surface area (TPSA) is 104 Å². The maximum Gasteiger partial charge on any atom is 0.246 e. The second-order valence-corrected chi connectivity index (χ2v) is 13.9. The Morgan fingerprint density at radius 1 is 0.755 bits per heavy atom. The average molecular weight is 694 g/mol. The van der Waals surface area contributed by atoms with Gasteiger partial charge >= 0.3 is 0 Å². The number of hydrogen-bond acceptors (Lipinski definition) is 6. The Morgan fingerprint density at radius 3 is 2.20 bits per heavy atom. The maximum atomic E-state index is 15.3. The fraction of sp³-hybridized carbons (Fsp3) is 0.231. The number of fused-ring (bicyclic) bond motifs is 4. The Kier molecular flexibility index (Phi) is 7.42. The van der Waals surface area contributed by atoms with Crippen LogP contribution in [0.3, 0.4) is 0 Å². The molecule has 8 rings (SSSR count). The highest BCUT2D eigenvalue weighted by Gasteiger charge is 2.70. The lowest BCUT2D eigenvalue weighted by molar-refractivity contribution is -0.127. The van der Waals surface area contributed by atoms with Crippen molar-refractivity contribution in [1.29, 1.82) is 0 Å². The fourth-order valence-corrected chi connectivity index (χ4v) is 9.18. The van der Waals surface area contributed by atoms with Crippen molar-refractivity contribution in [1.82, 2.24) is 0 Å². The second kappa shape index (κ2) is 11.6. The monoisotopic (exact) mass is 692 g/mol. The van der Waals surface area contributed by atoms with E-state index in [1.165, 1.54) is 16.9 Å². The van der Waals surface area contributed by atoms with Crippen LogP contribution in [0.15, 0.2) is 109 Å². The van der Waals surface area contributed by atoms with E-state index in [0.717, 1.165) is 5.57 Å². The Bertz CT molecular complexity index is 2080. The maximum absolute atomic E-state index is 15.3. The molecule has 3 fully saturated rings. The molecule has 0 unspecified atom stereocenters. The summed E-state index contributed by atoms with van der Waals surface area (Å²) in [6, 6.07) is 27.4. The first kappa shape index (κ1) is 31.4. The molecule has 0 radical (unpaired) electrons. The van der Waals surface area contributed by atoms with Crippen LogP contribution < -0.4 is 14.5 Å². The zero-order chi connectivity index (χ0) is 34.2. The Balaban J connectivity index is 1.37. The number of phenols is 1. The molecule has 8 nitrogen and oxygen atoms in total. The molecular formula is C39H30Cl2N2O6. The number of ether oxygens (including phenoxy) is 1. The second-order valence-electron chi connectivity index (χ2n) is 13.0. The molecule has 2 aliphatic carbocycles. The van der Waals surface area contributed by atoms with Crippen molar-refractivity contribution >= 4 is 58.2 Å². The van der Waals surface area contributed by atoms with Crippen molar-refractivity contribution in [2.75, 3.05) is 16.9 Å². The lowest BCUT2D eigenvalue weighted by Crippen LogP contribution is -2.53. The highest BCUT2D eigenvalue weighted by molar-refractivity contribution is 6.32. The highest BCUT2D eigenvalue weighted by Crippen LogP contribution is 2.65. The van der Waals surface area contributed by atoms with Gasteiger partial charge < -0.3 is 9.84 Å². The zero-order valence-electron chi connectivity index (χ0n) is 26.3. The lowest BCUT2D eigenvalue weighted by Gasteiger charge is -2.50. The molecule has 246 valence electrons. The fourth-order valence-electron chi connectivity index (χ4n) is 8.87. The number of hydrogen-bond donors (Lipinski definition) is 1. The van der Waals surface area contributed by atoms with E-state index in [0.29, 0.717) is 32.5 Å². The number of amides is 4. The van der Waals surface area contributed by atoms with E-state index in [-0.39, 0.29) is 36.2 Å². The van der Waals surface area contributed by atoms with E-state index in [2.05, 4.69) is 0 Å². The van der Waals surface area contributed by atoms with Gasteiger partial charge in [0.25, 0.3) is 0 Å². The molecule has 2 saturated heterocycles.